The van der Waals surface area contributed by atoms with E-state index in [1.807, 2.05) is 0 Å². The Bertz CT molecular complexity index is 355. The van der Waals surface area contributed by atoms with Crippen LogP contribution < -0.4 is 10.5 Å². The van der Waals surface area contributed by atoms with Crippen LogP contribution >= 0.6 is 0 Å². The van der Waals surface area contributed by atoms with Crippen LogP contribution in [0.1, 0.15) is 18.5 Å². The molecule has 0 spiro atoms. The summed E-state index contributed by atoms with van der Waals surface area (Å²) in [6.45, 7) is -1.63. The number of alkyl halides is 2. The van der Waals surface area contributed by atoms with Crippen LogP contribution in [0.4, 0.5) is 8.78 Å². The zero-order valence-electron chi connectivity index (χ0n) is 8.11. The third kappa shape index (κ3) is 2.99. The minimum absolute atomic E-state index is 0.0600. The maximum atomic E-state index is 12.0. The van der Waals surface area contributed by atoms with Crippen LogP contribution in [0.3, 0.4) is 0 Å². The van der Waals surface area contributed by atoms with Gasteiger partial charge in [0.05, 0.1) is 6.04 Å². The van der Waals surface area contributed by atoms with E-state index in [-0.39, 0.29) is 17.1 Å². The molecule has 0 bridgehead atoms. The first kappa shape index (κ1) is 11.6. The van der Waals surface area contributed by atoms with Crippen LogP contribution in [0, 0.1) is 0 Å². The first-order valence-electron chi connectivity index (χ1n) is 4.32. The summed E-state index contributed by atoms with van der Waals surface area (Å²) < 4.78 is 28.3. The molecule has 2 N–H and O–H groups in total. The summed E-state index contributed by atoms with van der Waals surface area (Å²) in [4.78, 5) is 11.0. The Balaban J connectivity index is 3.00. The number of ketones is 1. The fraction of sp³-hybridized carbons (Fsp3) is 0.300. The highest BCUT2D eigenvalue weighted by Gasteiger charge is 2.17. The van der Waals surface area contributed by atoms with E-state index >= 15 is 0 Å². The average molecular weight is 215 g/mol. The zero-order chi connectivity index (χ0) is 11.4. The maximum absolute atomic E-state index is 12.0. The topological polar surface area (TPSA) is 52.3 Å². The highest BCUT2D eigenvalue weighted by molar-refractivity contribution is 5.83. The van der Waals surface area contributed by atoms with E-state index in [1.54, 1.807) is 6.07 Å². The molecule has 82 valence electrons. The molecule has 0 aromatic heterocycles. The SMILES string of the molecule is CC(=O)C(N)c1ccccc1OC(F)F. The molecule has 0 saturated heterocycles. The first-order chi connectivity index (χ1) is 7.02. The van der Waals surface area contributed by atoms with Gasteiger partial charge >= 0.3 is 6.61 Å². The van der Waals surface area contributed by atoms with Crippen LogP contribution in [0.25, 0.3) is 0 Å². The van der Waals surface area contributed by atoms with Crippen molar-refractivity contribution in [1.82, 2.24) is 0 Å². The van der Waals surface area contributed by atoms with Crippen LogP contribution in [0.2, 0.25) is 0 Å². The van der Waals surface area contributed by atoms with E-state index in [2.05, 4.69) is 4.74 Å². The van der Waals surface area contributed by atoms with Crippen molar-refractivity contribution in [3.05, 3.63) is 29.8 Å². The summed E-state index contributed by atoms with van der Waals surface area (Å²) >= 11 is 0. The predicted octanol–water partition coefficient (Wildman–Crippen LogP) is 1.88. The summed E-state index contributed by atoms with van der Waals surface area (Å²) in [7, 11) is 0. The lowest BCUT2D eigenvalue weighted by Gasteiger charge is -2.13. The number of rotatable bonds is 4. The Labute approximate surface area is 85.8 Å². The number of nitrogens with two attached hydrogens (primary N) is 1. The molecule has 1 atom stereocenters. The van der Waals surface area contributed by atoms with Gasteiger partial charge in [-0.2, -0.15) is 8.78 Å². The minimum Gasteiger partial charge on any atom is -0.434 e. The van der Waals surface area contributed by atoms with Crippen LogP contribution in [0.15, 0.2) is 24.3 Å². The largest absolute Gasteiger partial charge is 0.434 e. The molecule has 0 heterocycles. The lowest BCUT2D eigenvalue weighted by molar-refractivity contribution is -0.118. The average Bonchev–Trinajstić information content (AvgIpc) is 2.16. The highest BCUT2D eigenvalue weighted by Crippen LogP contribution is 2.25. The second kappa shape index (κ2) is 4.84. The number of benzene rings is 1. The normalized spacial score (nSPS) is 12.6. The smallest absolute Gasteiger partial charge is 0.387 e. The number of hydrogen-bond acceptors (Lipinski definition) is 3. The third-order valence-corrected chi connectivity index (χ3v) is 1.91. The monoisotopic (exact) mass is 215 g/mol. The molecule has 1 aromatic rings. The summed E-state index contributed by atoms with van der Waals surface area (Å²) in [5.74, 6) is -0.365. The Hall–Kier alpha value is -1.49. The van der Waals surface area contributed by atoms with Gasteiger partial charge < -0.3 is 10.5 Å². The van der Waals surface area contributed by atoms with Crippen molar-refractivity contribution in [2.75, 3.05) is 0 Å². The van der Waals surface area contributed by atoms with Gasteiger partial charge in [-0.25, -0.2) is 0 Å². The number of halogens is 2. The summed E-state index contributed by atoms with van der Waals surface area (Å²) in [6, 6.07) is 5.05. The van der Waals surface area contributed by atoms with E-state index < -0.39 is 12.7 Å². The lowest BCUT2D eigenvalue weighted by Crippen LogP contribution is -2.20. The van der Waals surface area contributed by atoms with Crippen molar-refractivity contribution >= 4 is 5.78 Å². The van der Waals surface area contributed by atoms with Gasteiger partial charge in [0.15, 0.2) is 5.78 Å². The molecule has 0 radical (unpaired) electrons. The fourth-order valence-electron chi connectivity index (χ4n) is 1.16. The van der Waals surface area contributed by atoms with Crippen LogP contribution in [-0.4, -0.2) is 12.4 Å². The minimum atomic E-state index is -2.93. The number of para-hydroxylation sites is 1. The zero-order valence-corrected chi connectivity index (χ0v) is 8.11. The van der Waals surface area contributed by atoms with Gasteiger partial charge in [0.1, 0.15) is 5.75 Å². The van der Waals surface area contributed by atoms with Crippen molar-refractivity contribution in [2.24, 2.45) is 5.73 Å². The Morgan fingerprint density at radius 3 is 2.53 bits per heavy atom. The summed E-state index contributed by atoms with van der Waals surface area (Å²) in [5.41, 5.74) is 5.81. The fourth-order valence-corrected chi connectivity index (χ4v) is 1.16. The molecular weight excluding hydrogens is 204 g/mol. The van der Waals surface area contributed by atoms with Crippen molar-refractivity contribution in [3.8, 4) is 5.75 Å². The third-order valence-electron chi connectivity index (χ3n) is 1.91. The number of carbonyl (C=O) groups excluding carboxylic acids is 1. The van der Waals surface area contributed by atoms with Gasteiger partial charge in [0.2, 0.25) is 0 Å². The number of hydrogen-bond donors (Lipinski definition) is 1. The van der Waals surface area contributed by atoms with Gasteiger partial charge in [-0.15, -0.1) is 0 Å². The van der Waals surface area contributed by atoms with E-state index in [0.717, 1.165) is 0 Å². The molecule has 0 fully saturated rings. The highest BCUT2D eigenvalue weighted by atomic mass is 19.3. The molecule has 0 aliphatic heterocycles. The summed E-state index contributed by atoms with van der Waals surface area (Å²) in [5, 5.41) is 0. The van der Waals surface area contributed by atoms with Crippen molar-refractivity contribution in [1.29, 1.82) is 0 Å². The van der Waals surface area contributed by atoms with Gasteiger partial charge in [-0.05, 0) is 13.0 Å². The molecule has 15 heavy (non-hydrogen) atoms. The van der Waals surface area contributed by atoms with Gasteiger partial charge in [0, 0.05) is 5.56 Å². The van der Waals surface area contributed by atoms with E-state index in [4.69, 9.17) is 5.73 Å². The molecule has 5 heteroatoms. The van der Waals surface area contributed by atoms with E-state index in [9.17, 15) is 13.6 Å². The molecule has 0 amide bonds. The molecule has 0 aliphatic carbocycles. The van der Waals surface area contributed by atoms with E-state index in [1.165, 1.54) is 25.1 Å². The van der Waals surface area contributed by atoms with Crippen molar-refractivity contribution < 1.29 is 18.3 Å². The van der Waals surface area contributed by atoms with Crippen molar-refractivity contribution in [2.45, 2.75) is 19.6 Å². The molecular formula is C10H11F2NO2. The van der Waals surface area contributed by atoms with Crippen LogP contribution in [0.5, 0.6) is 5.75 Å². The van der Waals surface area contributed by atoms with Gasteiger partial charge in [-0.1, -0.05) is 18.2 Å². The molecule has 0 saturated carbocycles. The molecule has 1 aromatic carbocycles. The Morgan fingerprint density at radius 1 is 1.40 bits per heavy atom. The van der Waals surface area contributed by atoms with Gasteiger partial charge in [0.25, 0.3) is 0 Å². The molecule has 1 rings (SSSR count). The molecule has 3 nitrogen and oxygen atoms in total. The van der Waals surface area contributed by atoms with E-state index in [0.29, 0.717) is 0 Å². The first-order valence-corrected chi connectivity index (χ1v) is 4.32. The van der Waals surface area contributed by atoms with Gasteiger partial charge in [-0.3, -0.25) is 4.79 Å². The number of Topliss-reactive ketones (excluding diaryl/α,β-unsaturated/α-hetero) is 1. The van der Waals surface area contributed by atoms with Crippen LogP contribution in [-0.2, 0) is 4.79 Å². The second-order valence-corrected chi connectivity index (χ2v) is 3.00. The standard InChI is InChI=1S/C10H11F2NO2/c1-6(14)9(13)7-4-2-3-5-8(7)15-10(11)12/h2-5,9-10H,13H2,1H3. The number of carbonyl (C=O) groups is 1. The second-order valence-electron chi connectivity index (χ2n) is 3.00. The quantitative estimate of drug-likeness (QED) is 0.834. The number of ether oxygens (including phenoxy) is 1. The van der Waals surface area contributed by atoms with Crippen molar-refractivity contribution in [3.63, 3.8) is 0 Å². The predicted molar refractivity (Wildman–Crippen MR) is 50.7 cm³/mol. The Kier molecular flexibility index (Phi) is 3.74. The molecule has 1 unspecified atom stereocenters. The lowest BCUT2D eigenvalue weighted by atomic mass is 10.0. The Morgan fingerprint density at radius 2 is 2.00 bits per heavy atom. The maximum Gasteiger partial charge on any atom is 0.387 e. The summed E-state index contributed by atoms with van der Waals surface area (Å²) in [6.07, 6.45) is 0. The molecule has 0 aliphatic rings.